The van der Waals surface area contributed by atoms with Gasteiger partial charge in [0, 0.05) is 18.7 Å². The van der Waals surface area contributed by atoms with Crippen molar-refractivity contribution in [1.82, 2.24) is 4.90 Å². The highest BCUT2D eigenvalue weighted by Crippen LogP contribution is 2.18. The van der Waals surface area contributed by atoms with Gasteiger partial charge in [-0.15, -0.1) is 0 Å². The molecule has 0 N–H and O–H groups in total. The van der Waals surface area contributed by atoms with Gasteiger partial charge < -0.3 is 4.90 Å². The van der Waals surface area contributed by atoms with Crippen LogP contribution in [0.1, 0.15) is 35.7 Å². The minimum absolute atomic E-state index is 0.160. The number of aryl methyl sites for hydroxylation is 1. The van der Waals surface area contributed by atoms with Crippen molar-refractivity contribution in [1.29, 1.82) is 0 Å². The van der Waals surface area contributed by atoms with E-state index in [0.29, 0.717) is 0 Å². The van der Waals surface area contributed by atoms with E-state index in [9.17, 15) is 4.79 Å². The predicted molar refractivity (Wildman–Crippen MR) is 70.1 cm³/mol. The summed E-state index contributed by atoms with van der Waals surface area (Å²) in [5.74, 6) is 0.160. The monoisotopic (exact) mass is 229 g/mol. The Kier molecular flexibility index (Phi) is 3.62. The lowest BCUT2D eigenvalue weighted by molar-refractivity contribution is 0.0796. The maximum Gasteiger partial charge on any atom is 0.254 e. The Balaban J connectivity index is 2.09. The van der Waals surface area contributed by atoms with E-state index in [1.54, 1.807) is 0 Å². The van der Waals surface area contributed by atoms with Crippen LogP contribution >= 0.6 is 0 Å². The summed E-state index contributed by atoms with van der Waals surface area (Å²) < 4.78 is 0. The smallest absolute Gasteiger partial charge is 0.254 e. The molecule has 1 amide bonds. The van der Waals surface area contributed by atoms with Gasteiger partial charge in [0.15, 0.2) is 0 Å². The summed E-state index contributed by atoms with van der Waals surface area (Å²) >= 11 is 0. The number of nitrogens with zero attached hydrogens (tertiary/aromatic N) is 1. The number of allylic oxidation sites excluding steroid dienone is 1. The van der Waals surface area contributed by atoms with Crippen molar-refractivity contribution in [3.63, 3.8) is 0 Å². The molecule has 0 aliphatic carbocycles. The van der Waals surface area contributed by atoms with Gasteiger partial charge in [0.05, 0.1) is 0 Å². The molecule has 0 atom stereocenters. The summed E-state index contributed by atoms with van der Waals surface area (Å²) in [6.45, 7) is 5.82. The Morgan fingerprint density at radius 2 is 2.29 bits per heavy atom. The van der Waals surface area contributed by atoms with E-state index >= 15 is 0 Å². The molecule has 0 radical (unpaired) electrons. The fourth-order valence-electron chi connectivity index (χ4n) is 2.27. The molecule has 1 aliphatic heterocycles. The molecule has 2 heteroatoms. The second-order valence-electron chi connectivity index (χ2n) is 4.62. The Labute approximate surface area is 103 Å². The van der Waals surface area contributed by atoms with Crippen molar-refractivity contribution in [2.45, 2.75) is 26.7 Å². The maximum atomic E-state index is 12.2. The third-order valence-electron chi connectivity index (χ3n) is 3.14. The highest BCUT2D eigenvalue weighted by Gasteiger charge is 2.22. The summed E-state index contributed by atoms with van der Waals surface area (Å²) in [4.78, 5) is 14.2. The van der Waals surface area contributed by atoms with E-state index in [2.05, 4.69) is 13.0 Å². The first kappa shape index (κ1) is 11.9. The van der Waals surface area contributed by atoms with Gasteiger partial charge >= 0.3 is 0 Å². The second-order valence-corrected chi connectivity index (χ2v) is 4.62. The lowest BCUT2D eigenvalue weighted by Crippen LogP contribution is -2.27. The third-order valence-corrected chi connectivity index (χ3v) is 3.14. The number of likely N-dealkylation sites (tertiary alicyclic amines) is 1. The summed E-state index contributed by atoms with van der Waals surface area (Å²) in [6.07, 6.45) is 4.33. The van der Waals surface area contributed by atoms with Crippen molar-refractivity contribution >= 4 is 5.91 Å². The fourth-order valence-corrected chi connectivity index (χ4v) is 2.27. The average Bonchev–Trinajstić information content (AvgIpc) is 2.77. The zero-order chi connectivity index (χ0) is 12.3. The number of hydrogen-bond donors (Lipinski definition) is 0. The Morgan fingerprint density at radius 3 is 3.00 bits per heavy atom. The van der Waals surface area contributed by atoms with Crippen LogP contribution in [0.25, 0.3) is 0 Å². The number of benzene rings is 1. The highest BCUT2D eigenvalue weighted by molar-refractivity contribution is 5.94. The van der Waals surface area contributed by atoms with Crippen LogP contribution in [0.4, 0.5) is 0 Å². The van der Waals surface area contributed by atoms with Crippen molar-refractivity contribution < 1.29 is 4.79 Å². The molecule has 90 valence electrons. The molecule has 1 fully saturated rings. The number of amides is 1. The highest BCUT2D eigenvalue weighted by atomic mass is 16.2. The molecule has 0 bridgehead atoms. The second kappa shape index (κ2) is 5.17. The summed E-state index contributed by atoms with van der Waals surface area (Å²) in [6, 6.07) is 7.82. The number of carbonyl (C=O) groups excluding carboxylic acids is 1. The topological polar surface area (TPSA) is 20.3 Å². The molecule has 0 spiro atoms. The molecule has 0 saturated carbocycles. The zero-order valence-electron chi connectivity index (χ0n) is 10.6. The van der Waals surface area contributed by atoms with Crippen LogP contribution in [0.5, 0.6) is 0 Å². The van der Waals surface area contributed by atoms with Gasteiger partial charge in [0.25, 0.3) is 5.91 Å². The van der Waals surface area contributed by atoms with Crippen molar-refractivity contribution in [2.24, 2.45) is 0 Å². The quantitative estimate of drug-likeness (QED) is 0.713. The molecular weight excluding hydrogens is 210 g/mol. The van der Waals surface area contributed by atoms with Crippen molar-refractivity contribution in [3.8, 4) is 0 Å². The average molecular weight is 229 g/mol. The fraction of sp³-hybridized carbons (Fsp3) is 0.400. The van der Waals surface area contributed by atoms with Crippen molar-refractivity contribution in [3.05, 3.63) is 47.0 Å². The van der Waals surface area contributed by atoms with Gasteiger partial charge in [-0.25, -0.2) is 0 Å². The molecule has 1 saturated heterocycles. The van der Waals surface area contributed by atoms with E-state index in [1.165, 1.54) is 5.57 Å². The van der Waals surface area contributed by atoms with Gasteiger partial charge in [-0.1, -0.05) is 36.3 Å². The summed E-state index contributed by atoms with van der Waals surface area (Å²) in [5, 5.41) is 0. The Bertz CT molecular complexity index is 448. The number of carbonyl (C=O) groups is 1. The first-order chi connectivity index (χ1) is 8.20. The molecular formula is C15H19NO. The SMILES string of the molecule is CC/C=C1/CCN(C(=O)c2cccc(C)c2)C1. The Hall–Kier alpha value is -1.57. The number of hydrogen-bond acceptors (Lipinski definition) is 1. The van der Waals surface area contributed by atoms with E-state index in [0.717, 1.165) is 37.1 Å². The van der Waals surface area contributed by atoms with Crippen LogP contribution in [0.2, 0.25) is 0 Å². The normalized spacial score (nSPS) is 17.8. The molecule has 2 nitrogen and oxygen atoms in total. The molecule has 17 heavy (non-hydrogen) atoms. The Morgan fingerprint density at radius 1 is 1.47 bits per heavy atom. The number of rotatable bonds is 2. The molecule has 1 heterocycles. The van der Waals surface area contributed by atoms with Crippen molar-refractivity contribution in [2.75, 3.05) is 13.1 Å². The first-order valence-electron chi connectivity index (χ1n) is 6.24. The molecule has 1 aliphatic rings. The largest absolute Gasteiger partial charge is 0.334 e. The van der Waals surface area contributed by atoms with E-state index in [-0.39, 0.29) is 5.91 Å². The van der Waals surface area contributed by atoms with E-state index in [1.807, 2.05) is 36.1 Å². The first-order valence-corrected chi connectivity index (χ1v) is 6.24. The third kappa shape index (κ3) is 2.76. The van der Waals surface area contributed by atoms with Gasteiger partial charge in [0.1, 0.15) is 0 Å². The molecule has 1 aromatic rings. The standard InChI is InChI=1S/C15H19NO/c1-3-5-13-8-9-16(11-13)15(17)14-7-4-6-12(2)10-14/h4-7,10H,3,8-9,11H2,1-2H3/b13-5-. The lowest BCUT2D eigenvalue weighted by Gasteiger charge is -2.15. The molecule has 0 aromatic heterocycles. The van der Waals surface area contributed by atoms with Gasteiger partial charge in [-0.3, -0.25) is 4.79 Å². The van der Waals surface area contributed by atoms with Gasteiger partial charge in [-0.05, 0) is 31.9 Å². The van der Waals surface area contributed by atoms with Gasteiger partial charge in [0.2, 0.25) is 0 Å². The van der Waals surface area contributed by atoms with Crippen LogP contribution in [0.3, 0.4) is 0 Å². The maximum absolute atomic E-state index is 12.2. The minimum Gasteiger partial charge on any atom is -0.334 e. The predicted octanol–water partition coefficient (Wildman–Crippen LogP) is 3.18. The van der Waals surface area contributed by atoms with E-state index < -0.39 is 0 Å². The zero-order valence-corrected chi connectivity index (χ0v) is 10.6. The van der Waals surface area contributed by atoms with Crippen LogP contribution in [0.15, 0.2) is 35.9 Å². The minimum atomic E-state index is 0.160. The van der Waals surface area contributed by atoms with E-state index in [4.69, 9.17) is 0 Å². The van der Waals surface area contributed by atoms with Crippen LogP contribution in [0, 0.1) is 6.92 Å². The van der Waals surface area contributed by atoms with Crippen LogP contribution in [-0.4, -0.2) is 23.9 Å². The molecule has 1 aromatic carbocycles. The lowest BCUT2D eigenvalue weighted by atomic mass is 10.1. The molecule has 0 unspecified atom stereocenters. The summed E-state index contributed by atoms with van der Waals surface area (Å²) in [7, 11) is 0. The van der Waals surface area contributed by atoms with Gasteiger partial charge in [-0.2, -0.15) is 0 Å². The summed E-state index contributed by atoms with van der Waals surface area (Å²) in [5.41, 5.74) is 3.34. The van der Waals surface area contributed by atoms with Crippen LogP contribution < -0.4 is 0 Å². The molecule has 2 rings (SSSR count). The van der Waals surface area contributed by atoms with Crippen LogP contribution in [-0.2, 0) is 0 Å².